The summed E-state index contributed by atoms with van der Waals surface area (Å²) in [6.07, 6.45) is -16.0. The van der Waals surface area contributed by atoms with Crippen molar-refractivity contribution in [3.63, 3.8) is 0 Å². The molecule has 2 rings (SSSR count). The van der Waals surface area contributed by atoms with Gasteiger partial charge in [0.25, 0.3) is 0 Å². The highest BCUT2D eigenvalue weighted by Gasteiger charge is 2.97. The third-order valence-corrected chi connectivity index (χ3v) is 8.64. The minimum atomic E-state index is -9.22. The number of benzene rings is 2. The first-order valence-corrected chi connectivity index (χ1v) is 17.1. The van der Waals surface area contributed by atoms with Crippen LogP contribution in [0.4, 0.5) is 92.2 Å². The van der Waals surface area contributed by atoms with E-state index in [2.05, 4.69) is 0 Å². The number of alkyl halides is 21. The number of hydrogen-bond acceptors (Lipinski definition) is 7. The summed E-state index contributed by atoms with van der Waals surface area (Å²) in [5.74, 6) is -76.9. The van der Waals surface area contributed by atoms with Gasteiger partial charge in [-0.3, -0.25) is 0 Å². The largest absolute Gasteiger partial charge is 0.493 e. The highest BCUT2D eigenvalue weighted by atomic mass is 19.4. The van der Waals surface area contributed by atoms with Gasteiger partial charge in [-0.25, -0.2) is 0 Å². The van der Waals surface area contributed by atoms with E-state index in [1.54, 1.807) is 0 Å². The number of halogens is 21. The molecule has 0 spiro atoms. The minimum Gasteiger partial charge on any atom is -0.493 e. The molecule has 0 aliphatic carbocycles. The predicted octanol–water partition coefficient (Wildman–Crippen LogP) is 9.43. The van der Waals surface area contributed by atoms with Crippen molar-refractivity contribution in [1.82, 2.24) is 0 Å². The fourth-order valence-corrected chi connectivity index (χ4v) is 4.90. The van der Waals surface area contributed by atoms with Crippen LogP contribution in [0.1, 0.15) is 32.1 Å². The van der Waals surface area contributed by atoms with Crippen molar-refractivity contribution >= 4 is 0 Å². The number of aliphatic hydroxyl groups is 4. The van der Waals surface area contributed by atoms with Crippen molar-refractivity contribution in [3.8, 4) is 28.4 Å². The molecule has 0 saturated carbocycles. The predicted molar refractivity (Wildman–Crippen MR) is 168 cm³/mol. The summed E-state index contributed by atoms with van der Waals surface area (Å²) in [7, 11) is 0. The van der Waals surface area contributed by atoms with E-state index in [0.29, 0.717) is 11.1 Å². The number of rotatable bonds is 25. The molecule has 358 valence electrons. The lowest BCUT2D eigenvalue weighted by molar-refractivity contribution is -0.474. The van der Waals surface area contributed by atoms with Gasteiger partial charge in [-0.05, 0) is 42.7 Å². The lowest BCUT2D eigenvalue weighted by Crippen LogP contribution is -2.76. The van der Waals surface area contributed by atoms with Crippen molar-refractivity contribution < 1.29 is 127 Å². The molecule has 2 aromatic rings. The smallest absolute Gasteiger partial charge is 0.460 e. The highest BCUT2D eigenvalue weighted by Crippen LogP contribution is 2.66. The van der Waals surface area contributed by atoms with Gasteiger partial charge < -0.3 is 34.6 Å². The third kappa shape index (κ3) is 10.3. The van der Waals surface area contributed by atoms with Crippen LogP contribution < -0.4 is 14.2 Å². The van der Waals surface area contributed by atoms with Crippen LogP contribution in [0.5, 0.6) is 17.2 Å². The van der Waals surface area contributed by atoms with Crippen molar-refractivity contribution in [2.24, 2.45) is 0 Å². The summed E-state index contributed by atoms with van der Waals surface area (Å²) in [5.41, 5.74) is 0.750. The Bertz CT molecular complexity index is 1740. The molecule has 62 heavy (non-hydrogen) atoms. The Balaban J connectivity index is 2.20. The minimum absolute atomic E-state index is 0.0117. The molecule has 2 unspecified atom stereocenters. The molecule has 4 N–H and O–H groups in total. The fourth-order valence-electron chi connectivity index (χ4n) is 4.90. The molecule has 7 nitrogen and oxygen atoms in total. The molecule has 0 radical (unpaired) electrons. The second kappa shape index (κ2) is 19.1. The molecule has 2 atom stereocenters. The van der Waals surface area contributed by atoms with Crippen molar-refractivity contribution in [2.45, 2.75) is 104 Å². The van der Waals surface area contributed by atoms with E-state index >= 15 is 0 Å². The zero-order valence-corrected chi connectivity index (χ0v) is 30.7. The molecule has 0 saturated heterocycles. The molecule has 0 heterocycles. The Kier molecular flexibility index (Phi) is 16.8. The highest BCUT2D eigenvalue weighted by molar-refractivity contribution is 5.72. The molecule has 0 aromatic heterocycles. The van der Waals surface area contributed by atoms with Crippen LogP contribution >= 0.6 is 0 Å². The number of ether oxygens (including phenoxy) is 3. The first-order chi connectivity index (χ1) is 28.0. The van der Waals surface area contributed by atoms with Crippen LogP contribution in [0.25, 0.3) is 11.1 Å². The summed E-state index contributed by atoms with van der Waals surface area (Å²) in [6.45, 7) is -2.35. The average molecular weight is 953 g/mol. The van der Waals surface area contributed by atoms with Gasteiger partial charge in [0.15, 0.2) is 0 Å². The summed E-state index contributed by atoms with van der Waals surface area (Å²) in [6, 6.07) is 9.97. The SMILES string of the molecule is OCC(O)COc1ccc(-c2ccc(OCC(O)CO)cc2OCCCCCCC(F)(F)C(F)(F)C(F)(F)C(F)(F)C(F)(F)C(F)(F)C(F)(F)C(F)(F)C(F)(F)C(F)(F)F)cc1. The van der Waals surface area contributed by atoms with Gasteiger partial charge in [0.1, 0.15) is 42.7 Å². The Morgan fingerprint density at radius 1 is 0.435 bits per heavy atom. The average Bonchev–Trinajstić information content (AvgIpc) is 3.17. The zero-order valence-electron chi connectivity index (χ0n) is 30.7. The van der Waals surface area contributed by atoms with Gasteiger partial charge in [-0.2, -0.15) is 92.2 Å². The molecule has 0 aliphatic heterocycles. The maximum Gasteiger partial charge on any atom is 0.460 e. The molecule has 28 heteroatoms. The second-order valence-corrected chi connectivity index (χ2v) is 13.3. The van der Waals surface area contributed by atoms with Gasteiger partial charge in [-0.1, -0.05) is 25.0 Å². The number of unbranched alkanes of at least 4 members (excludes halogenated alkanes) is 3. The fraction of sp³-hybridized carbons (Fsp3) is 0.647. The second-order valence-electron chi connectivity index (χ2n) is 13.3. The molecule has 0 fully saturated rings. The Morgan fingerprint density at radius 2 is 0.823 bits per heavy atom. The lowest BCUT2D eigenvalue weighted by atomic mass is 9.85. The van der Waals surface area contributed by atoms with E-state index in [1.807, 2.05) is 0 Å². The van der Waals surface area contributed by atoms with Crippen LogP contribution in [0.15, 0.2) is 42.5 Å². The molecule has 0 bridgehead atoms. The zero-order chi connectivity index (χ0) is 48.2. The first kappa shape index (κ1) is 54.3. The monoisotopic (exact) mass is 952 g/mol. The topological polar surface area (TPSA) is 109 Å². The van der Waals surface area contributed by atoms with E-state index in [0.717, 1.165) is 0 Å². The van der Waals surface area contributed by atoms with Crippen LogP contribution in [0, 0.1) is 0 Å². The summed E-state index contributed by atoms with van der Waals surface area (Å²) < 4.78 is 303. The number of hydrogen-bond donors (Lipinski definition) is 4. The molecular formula is C34H33F21O7. The van der Waals surface area contributed by atoms with E-state index in [1.165, 1.54) is 42.5 Å². The molecular weight excluding hydrogens is 919 g/mol. The van der Waals surface area contributed by atoms with Crippen LogP contribution in [0.2, 0.25) is 0 Å². The van der Waals surface area contributed by atoms with Crippen molar-refractivity contribution in [2.75, 3.05) is 33.0 Å². The summed E-state index contributed by atoms with van der Waals surface area (Å²) >= 11 is 0. The normalized spacial score (nSPS) is 15.4. The maximum atomic E-state index is 14.3. The standard InChI is InChI=1S/C34H33F21O7/c35-25(36,26(37,38)27(39,40)28(41,42)29(43,44)30(45,46)31(47,48)32(49,50)33(51,52)34(53,54)55)11-3-1-2-4-12-60-24-13-22(62-17-20(59)15-57)9-10-23(24)18-5-7-21(8-6-18)61-16-19(58)14-56/h5-10,13,19-20,56-59H,1-4,11-12,14-17H2. The van der Waals surface area contributed by atoms with Gasteiger partial charge in [0.2, 0.25) is 0 Å². The van der Waals surface area contributed by atoms with Crippen LogP contribution in [0.3, 0.4) is 0 Å². The van der Waals surface area contributed by atoms with Gasteiger partial charge >= 0.3 is 59.5 Å². The Labute approximate surface area is 335 Å². The molecule has 0 amide bonds. The van der Waals surface area contributed by atoms with Crippen molar-refractivity contribution in [1.29, 1.82) is 0 Å². The van der Waals surface area contributed by atoms with E-state index in [9.17, 15) is 102 Å². The number of aliphatic hydroxyl groups excluding tert-OH is 4. The van der Waals surface area contributed by atoms with Gasteiger partial charge in [0.05, 0.1) is 19.8 Å². The van der Waals surface area contributed by atoms with Crippen LogP contribution in [-0.2, 0) is 0 Å². The lowest BCUT2D eigenvalue weighted by Gasteiger charge is -2.44. The first-order valence-electron chi connectivity index (χ1n) is 17.1. The van der Waals surface area contributed by atoms with Crippen LogP contribution in [-0.4, -0.2) is 125 Å². The van der Waals surface area contributed by atoms with E-state index in [-0.39, 0.29) is 43.3 Å². The quantitative estimate of drug-likeness (QED) is 0.0581. The Hall–Kier alpha value is -3.79. The Morgan fingerprint density at radius 3 is 1.26 bits per heavy atom. The van der Waals surface area contributed by atoms with E-state index in [4.69, 9.17) is 24.4 Å². The van der Waals surface area contributed by atoms with Gasteiger partial charge in [-0.15, -0.1) is 0 Å². The molecule has 2 aromatic carbocycles. The van der Waals surface area contributed by atoms with Gasteiger partial charge in [0, 0.05) is 18.1 Å². The maximum absolute atomic E-state index is 14.3. The van der Waals surface area contributed by atoms with Crippen molar-refractivity contribution in [3.05, 3.63) is 42.5 Å². The summed E-state index contributed by atoms with van der Waals surface area (Å²) in [5, 5.41) is 36.9. The molecule has 0 aliphatic rings. The van der Waals surface area contributed by atoms with E-state index < -0.39 is 111 Å². The summed E-state index contributed by atoms with van der Waals surface area (Å²) in [4.78, 5) is 0. The third-order valence-electron chi connectivity index (χ3n) is 8.64.